The average Bonchev–Trinajstić information content (AvgIpc) is 2.10. The predicted octanol–water partition coefficient (Wildman–Crippen LogP) is -0.106. The van der Waals surface area contributed by atoms with E-state index in [1.54, 1.807) is 13.8 Å². The maximum atomic E-state index is 12.1. The zero-order valence-corrected chi connectivity index (χ0v) is 12.8. The normalized spacial score (nSPS) is 25.1. The number of rotatable bonds is 4. The van der Waals surface area contributed by atoms with Crippen molar-refractivity contribution < 1.29 is 26.7 Å². The minimum Gasteiger partial charge on any atom is -0.480 e. The molecule has 1 N–H and O–H groups in total. The molecular weight excluding hydrogens is 294 g/mol. The first-order valence-corrected chi connectivity index (χ1v) is 9.44. The number of piperidine rings is 1. The lowest BCUT2D eigenvalue weighted by Crippen LogP contribution is -2.57. The lowest BCUT2D eigenvalue weighted by atomic mass is 9.77. The summed E-state index contributed by atoms with van der Waals surface area (Å²) in [6.07, 6.45) is 1.91. The van der Waals surface area contributed by atoms with Crippen molar-refractivity contribution in [1.82, 2.24) is 4.31 Å². The van der Waals surface area contributed by atoms with E-state index in [0.29, 0.717) is 12.8 Å². The summed E-state index contributed by atoms with van der Waals surface area (Å²) in [6, 6.07) is -1.23. The Morgan fingerprint density at radius 1 is 1.32 bits per heavy atom. The van der Waals surface area contributed by atoms with Crippen LogP contribution in [0.2, 0.25) is 0 Å². The second-order valence-corrected chi connectivity index (χ2v) is 10.0. The molecule has 0 bridgehead atoms. The number of carboxylic acid groups (broad SMARTS) is 1. The van der Waals surface area contributed by atoms with Crippen LogP contribution in [0.1, 0.15) is 26.7 Å². The molecule has 1 heterocycles. The van der Waals surface area contributed by atoms with Crippen molar-refractivity contribution in [2.24, 2.45) is 5.41 Å². The number of aliphatic carboxylic acids is 1. The topological polar surface area (TPSA) is 109 Å². The standard InChI is InChI=1S/C10H19NO6S2/c1-10(2)5-4-6-11(8(10)9(12)13)19(16,17)7-18(3,14)15/h8H,4-7H2,1-3H3,(H,12,13). The molecular formula is C10H19NO6S2. The Bertz CT molecular complexity index is 563. The van der Waals surface area contributed by atoms with Crippen LogP contribution in [0.5, 0.6) is 0 Å². The molecule has 1 aliphatic rings. The minimum absolute atomic E-state index is 0.0399. The van der Waals surface area contributed by atoms with Gasteiger partial charge >= 0.3 is 5.97 Å². The zero-order valence-electron chi connectivity index (χ0n) is 11.2. The summed E-state index contributed by atoms with van der Waals surface area (Å²) in [5.41, 5.74) is -0.728. The molecule has 0 aromatic carbocycles. The van der Waals surface area contributed by atoms with Crippen LogP contribution in [0.4, 0.5) is 0 Å². The van der Waals surface area contributed by atoms with E-state index in [9.17, 15) is 26.7 Å². The third-order valence-corrected chi connectivity index (χ3v) is 7.19. The van der Waals surface area contributed by atoms with Gasteiger partial charge in [0.25, 0.3) is 0 Å². The predicted molar refractivity (Wildman–Crippen MR) is 69.8 cm³/mol. The molecule has 1 saturated heterocycles. The number of hydrogen-bond donors (Lipinski definition) is 1. The van der Waals surface area contributed by atoms with Crippen LogP contribution < -0.4 is 0 Å². The summed E-state index contributed by atoms with van der Waals surface area (Å²) < 4.78 is 47.3. The monoisotopic (exact) mass is 313 g/mol. The van der Waals surface area contributed by atoms with E-state index in [1.807, 2.05) is 0 Å². The summed E-state index contributed by atoms with van der Waals surface area (Å²) in [5.74, 6) is -1.25. The van der Waals surface area contributed by atoms with E-state index < -0.39 is 42.4 Å². The van der Waals surface area contributed by atoms with Gasteiger partial charge in [0.2, 0.25) is 10.0 Å². The number of sulfonamides is 1. The maximum absolute atomic E-state index is 12.1. The van der Waals surface area contributed by atoms with Crippen LogP contribution in [0, 0.1) is 5.41 Å². The maximum Gasteiger partial charge on any atom is 0.322 e. The van der Waals surface area contributed by atoms with Crippen molar-refractivity contribution in [2.75, 3.05) is 17.9 Å². The Morgan fingerprint density at radius 3 is 2.26 bits per heavy atom. The smallest absolute Gasteiger partial charge is 0.322 e. The first-order chi connectivity index (χ1) is 8.37. The number of nitrogens with zero attached hydrogens (tertiary/aromatic N) is 1. The van der Waals surface area contributed by atoms with Gasteiger partial charge in [-0.3, -0.25) is 4.79 Å². The van der Waals surface area contributed by atoms with Crippen molar-refractivity contribution in [1.29, 1.82) is 0 Å². The van der Waals surface area contributed by atoms with Crippen LogP contribution in [0.15, 0.2) is 0 Å². The van der Waals surface area contributed by atoms with Crippen LogP contribution in [0.3, 0.4) is 0 Å². The Labute approximate surface area is 113 Å². The fourth-order valence-electron chi connectivity index (χ4n) is 2.44. The third kappa shape index (κ3) is 3.90. The molecule has 1 rings (SSSR count). The number of carbonyl (C=O) groups is 1. The molecule has 0 radical (unpaired) electrons. The molecule has 0 aromatic rings. The Hall–Kier alpha value is -0.670. The fourth-order valence-corrected chi connectivity index (χ4v) is 6.25. The molecule has 19 heavy (non-hydrogen) atoms. The molecule has 0 spiro atoms. The molecule has 1 aliphatic heterocycles. The second kappa shape index (κ2) is 5.02. The highest BCUT2D eigenvalue weighted by Gasteiger charge is 2.47. The molecule has 1 unspecified atom stereocenters. The minimum atomic E-state index is -4.14. The van der Waals surface area contributed by atoms with E-state index in [-0.39, 0.29) is 6.54 Å². The largest absolute Gasteiger partial charge is 0.480 e. The quantitative estimate of drug-likeness (QED) is 0.776. The van der Waals surface area contributed by atoms with Gasteiger partial charge in [0.15, 0.2) is 14.9 Å². The van der Waals surface area contributed by atoms with E-state index in [1.165, 1.54) is 0 Å². The molecule has 0 aromatic heterocycles. The average molecular weight is 313 g/mol. The van der Waals surface area contributed by atoms with Gasteiger partial charge in [-0.05, 0) is 18.3 Å². The van der Waals surface area contributed by atoms with Gasteiger partial charge in [0.05, 0.1) is 0 Å². The highest BCUT2D eigenvalue weighted by atomic mass is 32.3. The summed E-state index contributed by atoms with van der Waals surface area (Å²) >= 11 is 0. The van der Waals surface area contributed by atoms with Gasteiger partial charge < -0.3 is 5.11 Å². The SMILES string of the molecule is CC1(C)CCCN(S(=O)(=O)CS(C)(=O)=O)C1C(=O)O. The molecule has 0 saturated carbocycles. The van der Waals surface area contributed by atoms with Crippen LogP contribution in [-0.2, 0) is 24.7 Å². The van der Waals surface area contributed by atoms with Crippen LogP contribution >= 0.6 is 0 Å². The summed E-state index contributed by atoms with van der Waals surface area (Å²) in [5, 5.41) is 8.19. The molecule has 0 aliphatic carbocycles. The van der Waals surface area contributed by atoms with Crippen LogP contribution in [-0.4, -0.2) is 56.1 Å². The van der Waals surface area contributed by atoms with Crippen molar-refractivity contribution in [3.05, 3.63) is 0 Å². The first kappa shape index (κ1) is 16.4. The van der Waals surface area contributed by atoms with Crippen molar-refractivity contribution in [3.8, 4) is 0 Å². The first-order valence-electron chi connectivity index (χ1n) is 5.77. The summed E-state index contributed by atoms with van der Waals surface area (Å²) in [6.45, 7) is 3.39. The van der Waals surface area contributed by atoms with Gasteiger partial charge in [0.1, 0.15) is 6.04 Å². The third-order valence-electron chi connectivity index (χ3n) is 3.18. The molecule has 1 atom stereocenters. The van der Waals surface area contributed by atoms with Crippen molar-refractivity contribution in [2.45, 2.75) is 32.7 Å². The van der Waals surface area contributed by atoms with Crippen LogP contribution in [0.25, 0.3) is 0 Å². The fraction of sp³-hybridized carbons (Fsp3) is 0.900. The molecule has 7 nitrogen and oxygen atoms in total. The second-order valence-electron chi connectivity index (χ2n) is 5.60. The van der Waals surface area contributed by atoms with Gasteiger partial charge in [-0.2, -0.15) is 4.31 Å². The molecule has 112 valence electrons. The van der Waals surface area contributed by atoms with E-state index in [0.717, 1.165) is 10.6 Å². The molecule has 1 fully saturated rings. The Morgan fingerprint density at radius 2 is 1.84 bits per heavy atom. The highest BCUT2D eigenvalue weighted by Crippen LogP contribution is 2.36. The van der Waals surface area contributed by atoms with Gasteiger partial charge in [-0.15, -0.1) is 0 Å². The lowest BCUT2D eigenvalue weighted by Gasteiger charge is -2.42. The summed E-state index contributed by atoms with van der Waals surface area (Å²) in [4.78, 5) is 11.3. The Kier molecular flexibility index (Phi) is 4.33. The van der Waals surface area contributed by atoms with Crippen molar-refractivity contribution in [3.63, 3.8) is 0 Å². The number of sulfone groups is 1. The van der Waals surface area contributed by atoms with Gasteiger partial charge in [-0.1, -0.05) is 13.8 Å². The highest BCUT2D eigenvalue weighted by molar-refractivity contribution is 8.06. The molecule has 0 amide bonds. The van der Waals surface area contributed by atoms with E-state index in [4.69, 9.17) is 0 Å². The van der Waals surface area contributed by atoms with E-state index in [2.05, 4.69) is 0 Å². The number of carboxylic acids is 1. The number of hydrogen-bond acceptors (Lipinski definition) is 5. The van der Waals surface area contributed by atoms with Gasteiger partial charge in [0, 0.05) is 12.8 Å². The Balaban J connectivity index is 3.20. The van der Waals surface area contributed by atoms with E-state index >= 15 is 0 Å². The van der Waals surface area contributed by atoms with Crippen molar-refractivity contribution >= 4 is 25.8 Å². The lowest BCUT2D eigenvalue weighted by molar-refractivity contribution is -0.147. The summed E-state index contributed by atoms with van der Waals surface area (Å²) in [7, 11) is -7.88. The van der Waals surface area contributed by atoms with Gasteiger partial charge in [-0.25, -0.2) is 16.8 Å². The zero-order chi connectivity index (χ0) is 15.1. The molecule has 9 heteroatoms.